The number of carbonyl (C=O) groups excluding carboxylic acids is 2. The van der Waals surface area contributed by atoms with Crippen molar-refractivity contribution < 1.29 is 28.5 Å². The van der Waals surface area contributed by atoms with Crippen molar-refractivity contribution >= 4 is 23.1 Å². The minimum Gasteiger partial charge on any atom is -0.493 e. The van der Waals surface area contributed by atoms with Gasteiger partial charge in [-0.15, -0.1) is 11.3 Å². The summed E-state index contributed by atoms with van der Waals surface area (Å²) in [5.74, 6) is 0.449. The Morgan fingerprint density at radius 1 is 1.11 bits per heavy atom. The van der Waals surface area contributed by atoms with Gasteiger partial charge in [0.15, 0.2) is 17.3 Å². The molecule has 2 atom stereocenters. The minimum atomic E-state index is -0.440. The average Bonchev–Trinajstić information content (AvgIpc) is 3.39. The average molecular weight is 498 g/mol. The quantitative estimate of drug-likeness (QED) is 0.397. The number of methoxy groups -OCH3 is 2. The van der Waals surface area contributed by atoms with Gasteiger partial charge in [0.25, 0.3) is 0 Å². The van der Waals surface area contributed by atoms with Crippen LogP contribution in [0.4, 0.5) is 0 Å². The lowest BCUT2D eigenvalue weighted by atomic mass is 9.73. The lowest BCUT2D eigenvalue weighted by Gasteiger charge is -2.36. The Kier molecular flexibility index (Phi) is 7.93. The minimum absolute atomic E-state index is 0.00923. The van der Waals surface area contributed by atoms with E-state index in [1.54, 1.807) is 14.2 Å². The number of hydrogen-bond acceptors (Lipinski definition) is 8. The van der Waals surface area contributed by atoms with Crippen LogP contribution in [-0.4, -0.2) is 45.8 Å². The van der Waals surface area contributed by atoms with Gasteiger partial charge >= 0.3 is 5.97 Å². The van der Waals surface area contributed by atoms with Crippen molar-refractivity contribution in [3.8, 4) is 11.5 Å². The first-order valence-electron chi connectivity index (χ1n) is 11.7. The smallest absolute Gasteiger partial charge is 0.336 e. The largest absolute Gasteiger partial charge is 0.493 e. The molecule has 2 aliphatic rings. The van der Waals surface area contributed by atoms with Crippen molar-refractivity contribution in [2.75, 3.05) is 34.0 Å². The van der Waals surface area contributed by atoms with E-state index in [1.807, 2.05) is 49.6 Å². The maximum absolute atomic E-state index is 13.6. The van der Waals surface area contributed by atoms with E-state index in [0.29, 0.717) is 54.4 Å². The molecule has 0 fully saturated rings. The molecular weight excluding hydrogens is 466 g/mol. The van der Waals surface area contributed by atoms with Gasteiger partial charge in [-0.25, -0.2) is 4.79 Å². The highest BCUT2D eigenvalue weighted by molar-refractivity contribution is 7.10. The first kappa shape index (κ1) is 25.0. The maximum Gasteiger partial charge on any atom is 0.336 e. The zero-order valence-electron chi connectivity index (χ0n) is 20.5. The van der Waals surface area contributed by atoms with Crippen molar-refractivity contribution in [3.05, 3.63) is 68.7 Å². The zero-order valence-corrected chi connectivity index (χ0v) is 21.3. The fraction of sp³-hybridized carbons (Fsp3) is 0.407. The molecule has 0 amide bonds. The van der Waals surface area contributed by atoms with Crippen LogP contribution in [0.25, 0.3) is 0 Å². The standard InChI is InChI=1S/C27H31NO6S/c1-5-33-10-11-34-27(30)24-16(2)28-19-13-18(17-8-9-21(31-3)22(15-17)32-4)14-20(29)25(19)26(24)23-7-6-12-35-23/h6-9,12,15,18,26,28H,5,10-11,13-14H2,1-4H3/t18-,26-/m1/s1. The molecule has 0 spiro atoms. The normalized spacial score (nSPS) is 19.8. The van der Waals surface area contributed by atoms with Crippen LogP contribution >= 0.6 is 11.3 Å². The Balaban J connectivity index is 1.66. The summed E-state index contributed by atoms with van der Waals surface area (Å²) in [7, 11) is 3.20. The fourth-order valence-corrected chi connectivity index (χ4v) is 5.65. The molecule has 0 radical (unpaired) electrons. The van der Waals surface area contributed by atoms with Gasteiger partial charge in [0.2, 0.25) is 0 Å². The van der Waals surface area contributed by atoms with Crippen LogP contribution in [0.15, 0.2) is 58.3 Å². The van der Waals surface area contributed by atoms with E-state index >= 15 is 0 Å². The van der Waals surface area contributed by atoms with Gasteiger partial charge < -0.3 is 24.3 Å². The van der Waals surface area contributed by atoms with Crippen molar-refractivity contribution in [1.82, 2.24) is 5.32 Å². The Labute approximate surface area is 209 Å². The summed E-state index contributed by atoms with van der Waals surface area (Å²) in [5.41, 5.74) is 3.74. The first-order chi connectivity index (χ1) is 17.0. The van der Waals surface area contributed by atoms with Crippen LogP contribution in [0.3, 0.4) is 0 Å². The molecule has 0 unspecified atom stereocenters. The van der Waals surface area contributed by atoms with Crippen LogP contribution in [0.1, 0.15) is 49.0 Å². The number of ketones is 1. The van der Waals surface area contributed by atoms with E-state index in [2.05, 4.69) is 5.32 Å². The zero-order chi connectivity index (χ0) is 24.9. The Bertz CT molecular complexity index is 1150. The summed E-state index contributed by atoms with van der Waals surface area (Å²) in [4.78, 5) is 27.7. The highest BCUT2D eigenvalue weighted by atomic mass is 32.1. The molecule has 2 aromatic rings. The number of thiophene rings is 1. The number of carbonyl (C=O) groups is 2. The highest BCUT2D eigenvalue weighted by Crippen LogP contribution is 2.47. The van der Waals surface area contributed by atoms with Gasteiger partial charge in [0.1, 0.15) is 6.61 Å². The van der Waals surface area contributed by atoms with E-state index in [1.165, 1.54) is 11.3 Å². The van der Waals surface area contributed by atoms with Crippen LogP contribution in [0.2, 0.25) is 0 Å². The number of ether oxygens (including phenoxy) is 4. The summed E-state index contributed by atoms with van der Waals surface area (Å²) in [5, 5.41) is 5.34. The second kappa shape index (κ2) is 11.1. The number of hydrogen-bond donors (Lipinski definition) is 1. The predicted octanol–water partition coefficient (Wildman–Crippen LogP) is 4.71. The molecule has 4 rings (SSSR count). The molecule has 7 nitrogen and oxygen atoms in total. The van der Waals surface area contributed by atoms with Gasteiger partial charge in [-0.1, -0.05) is 12.1 Å². The second-order valence-corrected chi connectivity index (χ2v) is 9.46. The van der Waals surface area contributed by atoms with Crippen molar-refractivity contribution in [2.45, 2.75) is 38.5 Å². The van der Waals surface area contributed by atoms with Gasteiger partial charge in [-0.3, -0.25) is 4.79 Å². The third-order valence-electron chi connectivity index (χ3n) is 6.42. The summed E-state index contributed by atoms with van der Waals surface area (Å²) in [6, 6.07) is 9.70. The lowest BCUT2D eigenvalue weighted by Crippen LogP contribution is -2.36. The molecule has 1 aromatic carbocycles. The van der Waals surface area contributed by atoms with Gasteiger partial charge in [-0.05, 0) is 55.3 Å². The molecule has 0 saturated heterocycles. The number of rotatable bonds is 9. The second-order valence-electron chi connectivity index (χ2n) is 8.48. The molecule has 1 N–H and O–H groups in total. The summed E-state index contributed by atoms with van der Waals surface area (Å²) >= 11 is 1.54. The van der Waals surface area contributed by atoms with Gasteiger partial charge in [0.05, 0.1) is 32.3 Å². The summed E-state index contributed by atoms with van der Waals surface area (Å²) in [6.07, 6.45) is 1.01. The van der Waals surface area contributed by atoms with Crippen molar-refractivity contribution in [1.29, 1.82) is 0 Å². The van der Waals surface area contributed by atoms with E-state index in [9.17, 15) is 9.59 Å². The Morgan fingerprint density at radius 2 is 1.91 bits per heavy atom. The number of allylic oxidation sites excluding steroid dienone is 3. The summed E-state index contributed by atoms with van der Waals surface area (Å²) in [6.45, 7) is 4.83. The fourth-order valence-electron chi connectivity index (χ4n) is 4.81. The highest BCUT2D eigenvalue weighted by Gasteiger charge is 2.42. The lowest BCUT2D eigenvalue weighted by molar-refractivity contribution is -0.140. The van der Waals surface area contributed by atoms with Crippen molar-refractivity contribution in [3.63, 3.8) is 0 Å². The molecule has 186 valence electrons. The topological polar surface area (TPSA) is 83.1 Å². The monoisotopic (exact) mass is 497 g/mol. The molecule has 1 aliphatic carbocycles. The van der Waals surface area contributed by atoms with Gasteiger partial charge in [-0.2, -0.15) is 0 Å². The van der Waals surface area contributed by atoms with E-state index in [0.717, 1.165) is 16.1 Å². The number of Topliss-reactive ketones (excluding diaryl/α,β-unsaturated/α-hetero) is 1. The first-order valence-corrected chi connectivity index (χ1v) is 12.6. The SMILES string of the molecule is CCOCCOC(=O)C1=C(C)NC2=C(C(=O)C[C@H](c3ccc(OC)c(OC)c3)C2)[C@@H]1c1cccs1. The Hall–Kier alpha value is -3.10. The van der Waals surface area contributed by atoms with E-state index < -0.39 is 11.9 Å². The third kappa shape index (κ3) is 5.13. The molecular formula is C27H31NO6S. The number of nitrogens with one attached hydrogen (secondary N) is 1. The van der Waals surface area contributed by atoms with Crippen molar-refractivity contribution in [2.24, 2.45) is 0 Å². The Morgan fingerprint density at radius 3 is 2.60 bits per heavy atom. The predicted molar refractivity (Wildman–Crippen MR) is 134 cm³/mol. The van der Waals surface area contributed by atoms with E-state index in [-0.39, 0.29) is 18.3 Å². The third-order valence-corrected chi connectivity index (χ3v) is 7.36. The molecule has 8 heteroatoms. The van der Waals surface area contributed by atoms with Crippen LogP contribution in [-0.2, 0) is 19.1 Å². The van der Waals surface area contributed by atoms with Crippen LogP contribution in [0.5, 0.6) is 11.5 Å². The molecule has 1 aliphatic heterocycles. The number of dihydropyridines is 1. The van der Waals surface area contributed by atoms with Crippen LogP contribution in [0, 0.1) is 0 Å². The molecule has 35 heavy (non-hydrogen) atoms. The molecule has 0 saturated carbocycles. The molecule has 1 aromatic heterocycles. The van der Waals surface area contributed by atoms with Crippen LogP contribution < -0.4 is 14.8 Å². The van der Waals surface area contributed by atoms with E-state index in [4.69, 9.17) is 18.9 Å². The number of esters is 1. The van der Waals surface area contributed by atoms with Gasteiger partial charge in [0, 0.05) is 34.9 Å². The maximum atomic E-state index is 13.6. The molecule has 0 bridgehead atoms. The number of benzene rings is 1. The molecule has 2 heterocycles. The summed E-state index contributed by atoms with van der Waals surface area (Å²) < 4.78 is 21.6.